The Kier molecular flexibility index (Phi) is 5.54. The molecule has 0 fully saturated rings. The van der Waals surface area contributed by atoms with Gasteiger partial charge in [-0.05, 0) is 36.3 Å². The van der Waals surface area contributed by atoms with Crippen molar-refractivity contribution < 1.29 is 18.7 Å². The van der Waals surface area contributed by atoms with Gasteiger partial charge >= 0.3 is 5.97 Å². The summed E-state index contributed by atoms with van der Waals surface area (Å²) >= 11 is 0. The predicted molar refractivity (Wildman–Crippen MR) is 81.7 cm³/mol. The molecule has 0 aliphatic heterocycles. The average Bonchev–Trinajstić information content (AvgIpc) is 3.03. The molecule has 22 heavy (non-hydrogen) atoms. The van der Waals surface area contributed by atoms with E-state index in [2.05, 4.69) is 5.32 Å². The lowest BCUT2D eigenvalue weighted by molar-refractivity contribution is -0.143. The molecule has 0 saturated carbocycles. The van der Waals surface area contributed by atoms with Crippen LogP contribution < -0.4 is 5.32 Å². The normalized spacial score (nSPS) is 10.6. The summed E-state index contributed by atoms with van der Waals surface area (Å²) in [6.45, 7) is 1.90. The second kappa shape index (κ2) is 7.83. The fourth-order valence-corrected chi connectivity index (χ4v) is 1.77. The van der Waals surface area contributed by atoms with Gasteiger partial charge in [0, 0.05) is 6.08 Å². The topological polar surface area (TPSA) is 68.5 Å². The SMILES string of the molecule is Cc1ccccc1/C=C/C(=O)OCC(=O)NCc1ccco1. The second-order valence-electron chi connectivity index (χ2n) is 4.65. The van der Waals surface area contributed by atoms with Crippen LogP contribution in [0.1, 0.15) is 16.9 Å². The first-order valence-corrected chi connectivity index (χ1v) is 6.84. The summed E-state index contributed by atoms with van der Waals surface area (Å²) in [6, 6.07) is 11.1. The fourth-order valence-electron chi connectivity index (χ4n) is 1.77. The molecular formula is C17H17NO4. The molecule has 0 atom stereocenters. The van der Waals surface area contributed by atoms with Crippen molar-refractivity contribution >= 4 is 18.0 Å². The van der Waals surface area contributed by atoms with Crippen molar-refractivity contribution in [2.75, 3.05) is 6.61 Å². The molecule has 0 bridgehead atoms. The number of nitrogens with one attached hydrogen (secondary N) is 1. The first kappa shape index (κ1) is 15.6. The van der Waals surface area contributed by atoms with Crippen molar-refractivity contribution in [3.8, 4) is 0 Å². The summed E-state index contributed by atoms with van der Waals surface area (Å²) in [5.74, 6) is -0.301. The average molecular weight is 299 g/mol. The summed E-state index contributed by atoms with van der Waals surface area (Å²) in [7, 11) is 0. The van der Waals surface area contributed by atoms with Gasteiger partial charge in [-0.3, -0.25) is 4.79 Å². The van der Waals surface area contributed by atoms with Crippen LogP contribution in [0.25, 0.3) is 6.08 Å². The van der Waals surface area contributed by atoms with E-state index in [-0.39, 0.29) is 19.1 Å². The molecule has 5 heteroatoms. The molecule has 0 unspecified atom stereocenters. The first-order chi connectivity index (χ1) is 10.6. The number of esters is 1. The van der Waals surface area contributed by atoms with E-state index in [0.29, 0.717) is 5.76 Å². The molecular weight excluding hydrogens is 282 g/mol. The Labute approximate surface area is 128 Å². The Morgan fingerprint density at radius 2 is 2.05 bits per heavy atom. The number of amides is 1. The van der Waals surface area contributed by atoms with Gasteiger partial charge in [0.1, 0.15) is 5.76 Å². The largest absolute Gasteiger partial charge is 0.467 e. The van der Waals surface area contributed by atoms with Crippen LogP contribution in [0.5, 0.6) is 0 Å². The number of hydrogen-bond acceptors (Lipinski definition) is 4. The van der Waals surface area contributed by atoms with Crippen LogP contribution in [0.3, 0.4) is 0 Å². The monoisotopic (exact) mass is 299 g/mol. The summed E-state index contributed by atoms with van der Waals surface area (Å²) < 4.78 is 9.94. The number of furan rings is 1. The van der Waals surface area contributed by atoms with E-state index in [9.17, 15) is 9.59 Å². The Balaban J connectivity index is 1.73. The van der Waals surface area contributed by atoms with Gasteiger partial charge in [-0.25, -0.2) is 4.79 Å². The summed E-state index contributed by atoms with van der Waals surface area (Å²) in [5, 5.41) is 2.59. The Hall–Kier alpha value is -2.82. The smallest absolute Gasteiger partial charge is 0.331 e. The lowest BCUT2D eigenvalue weighted by Gasteiger charge is -2.03. The minimum Gasteiger partial charge on any atom is -0.467 e. The maximum atomic E-state index is 11.6. The number of carbonyl (C=O) groups excluding carboxylic acids is 2. The van der Waals surface area contributed by atoms with E-state index < -0.39 is 5.97 Å². The van der Waals surface area contributed by atoms with Crippen molar-refractivity contribution in [2.45, 2.75) is 13.5 Å². The number of rotatable bonds is 6. The number of aryl methyl sites for hydroxylation is 1. The van der Waals surface area contributed by atoms with Crippen molar-refractivity contribution in [3.63, 3.8) is 0 Å². The highest BCUT2D eigenvalue weighted by atomic mass is 16.5. The standard InChI is InChI=1S/C17H17NO4/c1-13-5-2-3-6-14(13)8-9-17(20)22-12-16(19)18-11-15-7-4-10-21-15/h2-10H,11-12H2,1H3,(H,18,19)/b9-8+. The third-order valence-electron chi connectivity index (χ3n) is 2.97. The van der Waals surface area contributed by atoms with Gasteiger partial charge in [0.2, 0.25) is 0 Å². The molecule has 1 aromatic heterocycles. The molecule has 0 aliphatic carbocycles. The van der Waals surface area contributed by atoms with Gasteiger partial charge in [-0.2, -0.15) is 0 Å². The zero-order valence-corrected chi connectivity index (χ0v) is 12.2. The molecule has 1 aromatic carbocycles. The summed E-state index contributed by atoms with van der Waals surface area (Å²) in [6.07, 6.45) is 4.50. The molecule has 1 amide bonds. The highest BCUT2D eigenvalue weighted by molar-refractivity contribution is 5.89. The van der Waals surface area contributed by atoms with Crippen molar-refractivity contribution in [1.82, 2.24) is 5.32 Å². The van der Waals surface area contributed by atoms with Gasteiger partial charge < -0.3 is 14.5 Å². The number of ether oxygens (including phenoxy) is 1. The van der Waals surface area contributed by atoms with E-state index in [1.54, 1.807) is 18.2 Å². The van der Waals surface area contributed by atoms with Crippen LogP contribution >= 0.6 is 0 Å². The van der Waals surface area contributed by atoms with E-state index in [4.69, 9.17) is 9.15 Å². The molecule has 1 N–H and O–H groups in total. The first-order valence-electron chi connectivity index (χ1n) is 6.84. The molecule has 2 rings (SSSR count). The Morgan fingerprint density at radius 1 is 1.23 bits per heavy atom. The lowest BCUT2D eigenvalue weighted by Crippen LogP contribution is -2.27. The van der Waals surface area contributed by atoms with Gasteiger partial charge in [-0.15, -0.1) is 0 Å². The van der Waals surface area contributed by atoms with Crippen LogP contribution in [0.15, 0.2) is 53.2 Å². The van der Waals surface area contributed by atoms with Gasteiger partial charge in [0.25, 0.3) is 5.91 Å². The van der Waals surface area contributed by atoms with Crippen molar-refractivity contribution in [2.24, 2.45) is 0 Å². The minimum absolute atomic E-state index is 0.266. The van der Waals surface area contributed by atoms with Crippen LogP contribution in [0.4, 0.5) is 0 Å². The third-order valence-corrected chi connectivity index (χ3v) is 2.97. The van der Waals surface area contributed by atoms with E-state index in [1.165, 1.54) is 12.3 Å². The van der Waals surface area contributed by atoms with E-state index in [0.717, 1.165) is 11.1 Å². The fraction of sp³-hybridized carbons (Fsp3) is 0.176. The second-order valence-corrected chi connectivity index (χ2v) is 4.65. The van der Waals surface area contributed by atoms with Crippen molar-refractivity contribution in [3.05, 3.63) is 65.6 Å². The van der Waals surface area contributed by atoms with Crippen LogP contribution in [-0.4, -0.2) is 18.5 Å². The number of benzene rings is 1. The van der Waals surface area contributed by atoms with Crippen molar-refractivity contribution in [1.29, 1.82) is 0 Å². The molecule has 2 aromatic rings. The molecule has 0 aliphatic rings. The quantitative estimate of drug-likeness (QED) is 0.657. The zero-order chi connectivity index (χ0) is 15.8. The number of carbonyl (C=O) groups is 2. The van der Waals surface area contributed by atoms with E-state index in [1.807, 2.05) is 31.2 Å². The molecule has 0 radical (unpaired) electrons. The maximum Gasteiger partial charge on any atom is 0.331 e. The van der Waals surface area contributed by atoms with Gasteiger partial charge in [0.15, 0.2) is 6.61 Å². The zero-order valence-electron chi connectivity index (χ0n) is 12.2. The molecule has 0 spiro atoms. The van der Waals surface area contributed by atoms with Crippen LogP contribution in [0, 0.1) is 6.92 Å². The maximum absolute atomic E-state index is 11.6. The lowest BCUT2D eigenvalue weighted by atomic mass is 10.1. The van der Waals surface area contributed by atoms with Crippen LogP contribution in [0.2, 0.25) is 0 Å². The molecule has 0 saturated heterocycles. The Morgan fingerprint density at radius 3 is 2.77 bits per heavy atom. The molecule has 1 heterocycles. The van der Waals surface area contributed by atoms with Gasteiger partial charge in [0.05, 0.1) is 12.8 Å². The highest BCUT2D eigenvalue weighted by Gasteiger charge is 2.05. The Bertz CT molecular complexity index is 659. The van der Waals surface area contributed by atoms with E-state index >= 15 is 0 Å². The summed E-state index contributed by atoms with van der Waals surface area (Å²) in [4.78, 5) is 23.1. The van der Waals surface area contributed by atoms with Crippen LogP contribution in [-0.2, 0) is 20.9 Å². The minimum atomic E-state index is -0.559. The predicted octanol–water partition coefficient (Wildman–Crippen LogP) is 2.46. The molecule has 114 valence electrons. The van der Waals surface area contributed by atoms with Gasteiger partial charge in [-0.1, -0.05) is 24.3 Å². The number of hydrogen-bond donors (Lipinski definition) is 1. The molecule has 5 nitrogen and oxygen atoms in total. The summed E-state index contributed by atoms with van der Waals surface area (Å²) in [5.41, 5.74) is 1.99. The highest BCUT2D eigenvalue weighted by Crippen LogP contribution is 2.08. The third kappa shape index (κ3) is 4.94.